The highest BCUT2D eigenvalue weighted by Gasteiger charge is 2.22. The molecule has 0 spiro atoms. The summed E-state index contributed by atoms with van der Waals surface area (Å²) in [6.45, 7) is 7.68. The van der Waals surface area contributed by atoms with Crippen LogP contribution in [-0.4, -0.2) is 49.4 Å². The second kappa shape index (κ2) is 12.4. The zero-order chi connectivity index (χ0) is 27.0. The fourth-order valence-electron chi connectivity index (χ4n) is 3.80. The molecular formula is C28H37N3O6. The second-order valence-corrected chi connectivity index (χ2v) is 9.66. The van der Waals surface area contributed by atoms with Crippen molar-refractivity contribution in [1.82, 2.24) is 15.6 Å². The smallest absolute Gasteiger partial charge is 0.408 e. The van der Waals surface area contributed by atoms with Crippen molar-refractivity contribution in [2.45, 2.75) is 58.6 Å². The second-order valence-electron chi connectivity index (χ2n) is 9.66. The molecule has 0 aliphatic rings. The predicted octanol–water partition coefficient (Wildman–Crippen LogP) is 5.33. The summed E-state index contributed by atoms with van der Waals surface area (Å²) in [5.41, 5.74) is 1.45. The van der Waals surface area contributed by atoms with Gasteiger partial charge in [-0.3, -0.25) is 4.79 Å². The molecule has 2 amide bonds. The van der Waals surface area contributed by atoms with Crippen molar-refractivity contribution in [3.63, 3.8) is 0 Å². The Morgan fingerprint density at radius 2 is 1.68 bits per heavy atom. The van der Waals surface area contributed by atoms with Crippen LogP contribution in [0.1, 0.15) is 46.2 Å². The Morgan fingerprint density at radius 3 is 2.35 bits per heavy atom. The topological polar surface area (TPSA) is 111 Å². The number of ether oxygens (including phenoxy) is 4. The number of benzene rings is 2. The van der Waals surface area contributed by atoms with Gasteiger partial charge >= 0.3 is 6.09 Å². The fourth-order valence-corrected chi connectivity index (χ4v) is 3.80. The van der Waals surface area contributed by atoms with Crippen LogP contribution in [0.5, 0.6) is 23.0 Å². The average molecular weight is 512 g/mol. The number of amides is 2. The number of carbonyl (C=O) groups excluding carboxylic acids is 2. The van der Waals surface area contributed by atoms with E-state index in [2.05, 4.69) is 21.7 Å². The zero-order valence-corrected chi connectivity index (χ0v) is 22.4. The van der Waals surface area contributed by atoms with Crippen molar-refractivity contribution < 1.29 is 28.5 Å². The van der Waals surface area contributed by atoms with Crippen molar-refractivity contribution >= 4 is 22.9 Å². The average Bonchev–Trinajstić information content (AvgIpc) is 3.26. The van der Waals surface area contributed by atoms with Crippen molar-refractivity contribution in [3.05, 3.63) is 48.2 Å². The van der Waals surface area contributed by atoms with Gasteiger partial charge in [-0.2, -0.15) is 0 Å². The highest BCUT2D eigenvalue weighted by Crippen LogP contribution is 2.34. The lowest BCUT2D eigenvalue weighted by Crippen LogP contribution is -2.48. The van der Waals surface area contributed by atoms with Gasteiger partial charge < -0.3 is 34.6 Å². The summed E-state index contributed by atoms with van der Waals surface area (Å²) in [6.07, 6.45) is 1.39. The maximum atomic E-state index is 12.5. The van der Waals surface area contributed by atoms with Crippen LogP contribution in [0.15, 0.2) is 42.5 Å². The Labute approximate surface area is 217 Å². The number of rotatable bonds is 11. The molecule has 1 aromatic heterocycles. The molecule has 3 aromatic rings. The van der Waals surface area contributed by atoms with Gasteiger partial charge in [0, 0.05) is 29.2 Å². The van der Waals surface area contributed by atoms with Gasteiger partial charge in [-0.15, -0.1) is 0 Å². The molecule has 1 atom stereocenters. The van der Waals surface area contributed by atoms with Crippen molar-refractivity contribution in [2.24, 2.45) is 0 Å². The predicted molar refractivity (Wildman–Crippen MR) is 143 cm³/mol. The Morgan fingerprint density at radius 1 is 0.973 bits per heavy atom. The molecule has 0 aliphatic heterocycles. The summed E-state index contributed by atoms with van der Waals surface area (Å²) >= 11 is 0. The standard InChI is InChI=1S/C28H37N3O6/c1-7-22(31-27(33)37-28(2,3)4)26(32)29-14-8-9-19-15-18-16-20(10-12-23(18)30-19)36-21-11-13-24(34-5)25(17-21)35-6/h10-13,15-17,22,30H,7-9,14H2,1-6H3,(H,29,32)(H,31,33)/t22-/m0/s1. The lowest BCUT2D eigenvalue weighted by molar-refractivity contribution is -0.123. The van der Waals surface area contributed by atoms with Crippen LogP contribution in [0, 0.1) is 0 Å². The summed E-state index contributed by atoms with van der Waals surface area (Å²) in [6, 6.07) is 12.7. The lowest BCUT2D eigenvalue weighted by atomic mass is 10.2. The number of methoxy groups -OCH3 is 2. The molecule has 200 valence electrons. The van der Waals surface area contributed by atoms with Gasteiger partial charge in [0.25, 0.3) is 0 Å². The third-order valence-corrected chi connectivity index (χ3v) is 5.58. The molecule has 0 bridgehead atoms. The highest BCUT2D eigenvalue weighted by molar-refractivity contribution is 5.85. The first-order valence-electron chi connectivity index (χ1n) is 12.4. The first-order chi connectivity index (χ1) is 17.6. The van der Waals surface area contributed by atoms with E-state index >= 15 is 0 Å². The number of hydrogen-bond donors (Lipinski definition) is 3. The normalized spacial score (nSPS) is 12.1. The largest absolute Gasteiger partial charge is 0.493 e. The molecule has 0 fully saturated rings. The van der Waals surface area contributed by atoms with E-state index in [1.165, 1.54) is 0 Å². The van der Waals surface area contributed by atoms with Gasteiger partial charge in [0.2, 0.25) is 5.91 Å². The quantitative estimate of drug-likeness (QED) is 0.300. The number of aromatic amines is 1. The Balaban J connectivity index is 1.51. The molecule has 0 radical (unpaired) electrons. The van der Waals surface area contributed by atoms with E-state index in [1.807, 2.05) is 31.2 Å². The molecule has 37 heavy (non-hydrogen) atoms. The number of carbonyl (C=O) groups is 2. The van der Waals surface area contributed by atoms with E-state index in [0.29, 0.717) is 36.0 Å². The monoisotopic (exact) mass is 511 g/mol. The first-order valence-corrected chi connectivity index (χ1v) is 12.4. The maximum Gasteiger partial charge on any atom is 0.408 e. The minimum Gasteiger partial charge on any atom is -0.493 e. The van der Waals surface area contributed by atoms with Gasteiger partial charge in [-0.1, -0.05) is 6.92 Å². The van der Waals surface area contributed by atoms with Crippen LogP contribution in [0.3, 0.4) is 0 Å². The van der Waals surface area contributed by atoms with Crippen LogP contribution < -0.4 is 24.8 Å². The molecule has 0 saturated carbocycles. The minimum absolute atomic E-state index is 0.220. The number of hydrogen-bond acceptors (Lipinski definition) is 6. The summed E-state index contributed by atoms with van der Waals surface area (Å²) in [7, 11) is 3.18. The first kappa shape index (κ1) is 27.7. The molecule has 3 N–H and O–H groups in total. The number of aryl methyl sites for hydroxylation is 1. The zero-order valence-electron chi connectivity index (χ0n) is 22.4. The number of fused-ring (bicyclic) bond motifs is 1. The molecule has 0 aliphatic carbocycles. The number of nitrogens with one attached hydrogen (secondary N) is 3. The van der Waals surface area contributed by atoms with Crippen LogP contribution in [0.4, 0.5) is 4.79 Å². The van der Waals surface area contributed by atoms with E-state index in [1.54, 1.807) is 47.1 Å². The lowest BCUT2D eigenvalue weighted by Gasteiger charge is -2.22. The molecule has 0 unspecified atom stereocenters. The summed E-state index contributed by atoms with van der Waals surface area (Å²) in [4.78, 5) is 27.9. The molecule has 9 nitrogen and oxygen atoms in total. The number of alkyl carbamates (subject to hydrolysis) is 1. The van der Waals surface area contributed by atoms with Crippen LogP contribution in [0.2, 0.25) is 0 Å². The molecular weight excluding hydrogens is 474 g/mol. The van der Waals surface area contributed by atoms with Crippen LogP contribution in [-0.2, 0) is 16.0 Å². The fraction of sp³-hybridized carbons (Fsp3) is 0.429. The number of aromatic nitrogens is 1. The van der Waals surface area contributed by atoms with Crippen LogP contribution >= 0.6 is 0 Å². The third-order valence-electron chi connectivity index (χ3n) is 5.58. The SMILES string of the molecule is CC[C@H](NC(=O)OC(C)(C)C)C(=O)NCCCc1cc2cc(Oc3ccc(OC)c(OC)c3)ccc2[nH]1. The maximum absolute atomic E-state index is 12.5. The molecule has 0 saturated heterocycles. The van der Waals surface area contributed by atoms with E-state index in [9.17, 15) is 9.59 Å². The summed E-state index contributed by atoms with van der Waals surface area (Å²) < 4.78 is 21.9. The molecule has 3 rings (SSSR count). The van der Waals surface area contributed by atoms with Crippen molar-refractivity contribution in [1.29, 1.82) is 0 Å². The van der Waals surface area contributed by atoms with Crippen molar-refractivity contribution in [2.75, 3.05) is 20.8 Å². The molecule has 2 aromatic carbocycles. The van der Waals surface area contributed by atoms with Gasteiger partial charge in [0.15, 0.2) is 11.5 Å². The Kier molecular flexibility index (Phi) is 9.27. The summed E-state index contributed by atoms with van der Waals surface area (Å²) in [5.74, 6) is 2.38. The Bertz CT molecular complexity index is 1210. The highest BCUT2D eigenvalue weighted by atomic mass is 16.6. The Hall–Kier alpha value is -3.88. The van der Waals surface area contributed by atoms with Crippen molar-refractivity contribution in [3.8, 4) is 23.0 Å². The van der Waals surface area contributed by atoms with E-state index in [4.69, 9.17) is 18.9 Å². The molecule has 9 heteroatoms. The number of H-pyrrole nitrogens is 1. The van der Waals surface area contributed by atoms with E-state index in [0.717, 1.165) is 29.4 Å². The van der Waals surface area contributed by atoms with Crippen LogP contribution in [0.25, 0.3) is 10.9 Å². The van der Waals surface area contributed by atoms with Gasteiger partial charge in [-0.05, 0) is 76.4 Å². The third kappa shape index (κ3) is 8.06. The van der Waals surface area contributed by atoms with Gasteiger partial charge in [-0.25, -0.2) is 4.79 Å². The van der Waals surface area contributed by atoms with E-state index in [-0.39, 0.29) is 5.91 Å². The minimum atomic E-state index is -0.632. The van der Waals surface area contributed by atoms with Gasteiger partial charge in [0.1, 0.15) is 23.1 Å². The van der Waals surface area contributed by atoms with E-state index < -0.39 is 17.7 Å². The van der Waals surface area contributed by atoms with Gasteiger partial charge in [0.05, 0.1) is 14.2 Å². The molecule has 1 heterocycles. The summed E-state index contributed by atoms with van der Waals surface area (Å²) in [5, 5.41) is 6.56.